The molecule has 3 rings (SSSR count). The van der Waals surface area contributed by atoms with Gasteiger partial charge in [0.25, 0.3) is 0 Å². The van der Waals surface area contributed by atoms with Crippen LogP contribution in [-0.4, -0.2) is 47.1 Å². The molecule has 2 aliphatic rings. The zero-order valence-electron chi connectivity index (χ0n) is 11.9. The minimum atomic E-state index is 0.736. The first-order chi connectivity index (χ1) is 9.36. The molecule has 0 saturated carbocycles. The summed E-state index contributed by atoms with van der Waals surface area (Å²) in [5.41, 5.74) is 1.14. The number of hydrogen-bond acceptors (Lipinski definition) is 4. The highest BCUT2D eigenvalue weighted by Crippen LogP contribution is 2.23. The van der Waals surface area contributed by atoms with E-state index in [2.05, 4.69) is 32.8 Å². The predicted molar refractivity (Wildman–Crippen MR) is 77.5 cm³/mol. The predicted octanol–water partition coefficient (Wildman–Crippen LogP) is 2.10. The van der Waals surface area contributed by atoms with E-state index >= 15 is 0 Å². The quantitative estimate of drug-likeness (QED) is 0.833. The maximum absolute atomic E-state index is 4.45. The fourth-order valence-corrected chi connectivity index (χ4v) is 3.28. The van der Waals surface area contributed by atoms with Gasteiger partial charge in [0.15, 0.2) is 0 Å². The van der Waals surface area contributed by atoms with Crippen molar-refractivity contribution in [3.63, 3.8) is 0 Å². The van der Waals surface area contributed by atoms with E-state index in [1.165, 1.54) is 38.8 Å². The topological polar surface area (TPSA) is 32.3 Å². The molecular weight excluding hydrogens is 236 g/mol. The highest BCUT2D eigenvalue weighted by Gasteiger charge is 2.29. The molecule has 2 saturated heterocycles. The summed E-state index contributed by atoms with van der Waals surface area (Å²) in [5.74, 6) is 1.12. The molecule has 1 aromatic heterocycles. The Morgan fingerprint density at radius 2 is 2.00 bits per heavy atom. The SMILES string of the molecule is CCc1cc(N2CC[C@@H](N3CCCCC3)C2)ncn1. The molecule has 3 heterocycles. The molecule has 104 valence electrons. The van der Waals surface area contributed by atoms with E-state index < -0.39 is 0 Å². The molecule has 0 bridgehead atoms. The van der Waals surface area contributed by atoms with Crippen LogP contribution in [-0.2, 0) is 6.42 Å². The Balaban J connectivity index is 1.64. The Bertz CT molecular complexity index is 414. The molecule has 0 radical (unpaired) electrons. The third kappa shape index (κ3) is 2.89. The Labute approximate surface area is 115 Å². The number of aryl methyl sites for hydroxylation is 1. The van der Waals surface area contributed by atoms with E-state index in [9.17, 15) is 0 Å². The molecule has 1 aromatic rings. The summed E-state index contributed by atoms with van der Waals surface area (Å²) in [6, 6.07) is 2.89. The number of aromatic nitrogens is 2. The Kier molecular flexibility index (Phi) is 3.97. The number of nitrogens with zero attached hydrogens (tertiary/aromatic N) is 4. The summed E-state index contributed by atoms with van der Waals surface area (Å²) in [5, 5.41) is 0. The lowest BCUT2D eigenvalue weighted by atomic mass is 10.1. The minimum Gasteiger partial charge on any atom is -0.355 e. The van der Waals surface area contributed by atoms with Crippen molar-refractivity contribution < 1.29 is 0 Å². The molecule has 0 N–H and O–H groups in total. The van der Waals surface area contributed by atoms with Crippen LogP contribution < -0.4 is 4.90 Å². The third-order valence-electron chi connectivity index (χ3n) is 4.47. The molecule has 2 fully saturated rings. The van der Waals surface area contributed by atoms with Gasteiger partial charge in [-0.05, 0) is 38.8 Å². The van der Waals surface area contributed by atoms with Crippen LogP contribution in [0, 0.1) is 0 Å². The second-order valence-electron chi connectivity index (χ2n) is 5.71. The third-order valence-corrected chi connectivity index (χ3v) is 4.47. The van der Waals surface area contributed by atoms with E-state index in [1.807, 2.05) is 0 Å². The van der Waals surface area contributed by atoms with Crippen LogP contribution in [0.5, 0.6) is 0 Å². The van der Waals surface area contributed by atoms with Crippen LogP contribution >= 0.6 is 0 Å². The van der Waals surface area contributed by atoms with Crippen molar-refractivity contribution in [3.8, 4) is 0 Å². The maximum Gasteiger partial charge on any atom is 0.132 e. The summed E-state index contributed by atoms with van der Waals surface area (Å²) < 4.78 is 0. The van der Waals surface area contributed by atoms with Crippen LogP contribution in [0.3, 0.4) is 0 Å². The maximum atomic E-state index is 4.45. The number of hydrogen-bond donors (Lipinski definition) is 0. The van der Waals surface area contributed by atoms with Gasteiger partial charge in [0.1, 0.15) is 12.1 Å². The van der Waals surface area contributed by atoms with Crippen LogP contribution in [0.4, 0.5) is 5.82 Å². The van der Waals surface area contributed by atoms with Crippen molar-refractivity contribution in [1.29, 1.82) is 0 Å². The van der Waals surface area contributed by atoms with Crippen LogP contribution in [0.25, 0.3) is 0 Å². The van der Waals surface area contributed by atoms with E-state index in [1.54, 1.807) is 6.33 Å². The van der Waals surface area contributed by atoms with Crippen LogP contribution in [0.15, 0.2) is 12.4 Å². The molecule has 0 aromatic carbocycles. The van der Waals surface area contributed by atoms with Gasteiger partial charge >= 0.3 is 0 Å². The summed E-state index contributed by atoms with van der Waals surface area (Å²) in [4.78, 5) is 13.9. The largest absolute Gasteiger partial charge is 0.355 e. The molecule has 1 atom stereocenters. The van der Waals surface area contributed by atoms with Crippen molar-refractivity contribution in [2.75, 3.05) is 31.1 Å². The molecule has 4 heteroatoms. The number of likely N-dealkylation sites (tertiary alicyclic amines) is 1. The summed E-state index contributed by atoms with van der Waals surface area (Å²) in [6.45, 7) is 7.01. The van der Waals surface area contributed by atoms with Gasteiger partial charge in [-0.25, -0.2) is 9.97 Å². The Morgan fingerprint density at radius 3 is 2.79 bits per heavy atom. The molecular formula is C15H24N4. The molecule has 0 aliphatic carbocycles. The molecule has 19 heavy (non-hydrogen) atoms. The standard InChI is InChI=1S/C15H24N4/c1-2-13-10-15(17-12-16-13)19-9-6-14(11-19)18-7-4-3-5-8-18/h10,12,14H,2-9,11H2,1H3/t14-/m1/s1. The van der Waals surface area contributed by atoms with Gasteiger partial charge in [0.05, 0.1) is 0 Å². The van der Waals surface area contributed by atoms with Gasteiger partial charge in [-0.15, -0.1) is 0 Å². The minimum absolute atomic E-state index is 0.736. The van der Waals surface area contributed by atoms with Gasteiger partial charge in [0.2, 0.25) is 0 Å². The lowest BCUT2D eigenvalue weighted by molar-refractivity contribution is 0.175. The summed E-state index contributed by atoms with van der Waals surface area (Å²) in [7, 11) is 0. The number of anilines is 1. The van der Waals surface area contributed by atoms with E-state index in [-0.39, 0.29) is 0 Å². The molecule has 2 aliphatic heterocycles. The molecule has 0 unspecified atom stereocenters. The zero-order chi connectivity index (χ0) is 13.1. The normalized spacial score (nSPS) is 24.9. The first-order valence-electron chi connectivity index (χ1n) is 7.66. The van der Waals surface area contributed by atoms with Gasteiger partial charge in [-0.2, -0.15) is 0 Å². The average Bonchev–Trinajstić information content (AvgIpc) is 2.98. The second-order valence-corrected chi connectivity index (χ2v) is 5.71. The van der Waals surface area contributed by atoms with Crippen molar-refractivity contribution in [3.05, 3.63) is 18.1 Å². The van der Waals surface area contributed by atoms with Gasteiger partial charge in [-0.3, -0.25) is 4.90 Å². The molecule has 4 nitrogen and oxygen atoms in total. The molecule has 0 spiro atoms. The second kappa shape index (κ2) is 5.87. The van der Waals surface area contributed by atoms with E-state index in [0.717, 1.165) is 37.1 Å². The van der Waals surface area contributed by atoms with Crippen LogP contribution in [0.2, 0.25) is 0 Å². The monoisotopic (exact) mass is 260 g/mol. The average molecular weight is 260 g/mol. The first-order valence-corrected chi connectivity index (χ1v) is 7.66. The smallest absolute Gasteiger partial charge is 0.132 e. The number of piperidine rings is 1. The van der Waals surface area contributed by atoms with Gasteiger partial charge in [0, 0.05) is 30.9 Å². The van der Waals surface area contributed by atoms with Gasteiger partial charge < -0.3 is 4.90 Å². The highest BCUT2D eigenvalue weighted by molar-refractivity contribution is 5.40. The lowest BCUT2D eigenvalue weighted by Gasteiger charge is -2.32. The Hall–Kier alpha value is -1.16. The lowest BCUT2D eigenvalue weighted by Crippen LogP contribution is -2.40. The molecule has 0 amide bonds. The first kappa shape index (κ1) is 12.9. The van der Waals surface area contributed by atoms with Crippen molar-refractivity contribution in [2.24, 2.45) is 0 Å². The number of rotatable bonds is 3. The Morgan fingerprint density at radius 1 is 1.16 bits per heavy atom. The van der Waals surface area contributed by atoms with Crippen molar-refractivity contribution >= 4 is 5.82 Å². The van der Waals surface area contributed by atoms with E-state index in [4.69, 9.17) is 0 Å². The van der Waals surface area contributed by atoms with Crippen molar-refractivity contribution in [2.45, 2.75) is 45.1 Å². The fraction of sp³-hybridized carbons (Fsp3) is 0.733. The highest BCUT2D eigenvalue weighted by atomic mass is 15.3. The fourth-order valence-electron chi connectivity index (χ4n) is 3.28. The van der Waals surface area contributed by atoms with Crippen molar-refractivity contribution in [1.82, 2.24) is 14.9 Å². The zero-order valence-corrected chi connectivity index (χ0v) is 11.9. The summed E-state index contributed by atoms with van der Waals surface area (Å²) in [6.07, 6.45) is 8.15. The summed E-state index contributed by atoms with van der Waals surface area (Å²) >= 11 is 0. The van der Waals surface area contributed by atoms with Crippen LogP contribution in [0.1, 0.15) is 38.3 Å². The van der Waals surface area contributed by atoms with E-state index in [0.29, 0.717) is 0 Å². The van der Waals surface area contributed by atoms with Gasteiger partial charge in [-0.1, -0.05) is 13.3 Å².